The Labute approximate surface area is 121 Å². The van der Waals surface area contributed by atoms with Crippen molar-refractivity contribution in [2.45, 2.75) is 26.6 Å². The van der Waals surface area contributed by atoms with Crippen LogP contribution in [0.25, 0.3) is 5.69 Å². The Balaban J connectivity index is 2.18. The molecule has 0 radical (unpaired) electrons. The molecule has 1 aromatic carbocycles. The SMILES string of the molecule is CC(C)CNCc1cn(-c2ccccc2C(F)(F)F)nn1. The van der Waals surface area contributed by atoms with E-state index in [2.05, 4.69) is 29.5 Å². The van der Waals surface area contributed by atoms with Gasteiger partial charge in [-0.2, -0.15) is 13.2 Å². The number of benzene rings is 1. The van der Waals surface area contributed by atoms with Crippen molar-refractivity contribution in [3.05, 3.63) is 41.7 Å². The number of alkyl halides is 3. The van der Waals surface area contributed by atoms with Gasteiger partial charge < -0.3 is 5.32 Å². The lowest BCUT2D eigenvalue weighted by Crippen LogP contribution is -2.19. The third-order valence-corrected chi connectivity index (χ3v) is 2.86. The molecule has 0 aliphatic carbocycles. The maximum Gasteiger partial charge on any atom is 0.418 e. The van der Waals surface area contributed by atoms with E-state index in [1.807, 2.05) is 0 Å². The van der Waals surface area contributed by atoms with Crippen molar-refractivity contribution in [3.8, 4) is 5.69 Å². The van der Waals surface area contributed by atoms with Gasteiger partial charge in [-0.05, 0) is 24.6 Å². The van der Waals surface area contributed by atoms with E-state index in [9.17, 15) is 13.2 Å². The largest absolute Gasteiger partial charge is 0.418 e. The van der Waals surface area contributed by atoms with Gasteiger partial charge in [-0.3, -0.25) is 0 Å². The lowest BCUT2D eigenvalue weighted by atomic mass is 10.1. The number of halogens is 3. The van der Waals surface area contributed by atoms with Crippen LogP contribution in [0.2, 0.25) is 0 Å². The van der Waals surface area contributed by atoms with E-state index in [0.29, 0.717) is 18.2 Å². The van der Waals surface area contributed by atoms with Gasteiger partial charge in [-0.25, -0.2) is 4.68 Å². The highest BCUT2D eigenvalue weighted by Gasteiger charge is 2.33. The van der Waals surface area contributed by atoms with Gasteiger partial charge in [0, 0.05) is 6.54 Å². The molecule has 1 aromatic heterocycles. The predicted octanol–water partition coefficient (Wildman–Crippen LogP) is 3.03. The molecule has 2 aromatic rings. The number of nitrogens with zero attached hydrogens (tertiary/aromatic N) is 3. The van der Waals surface area contributed by atoms with E-state index >= 15 is 0 Å². The minimum Gasteiger partial charge on any atom is -0.311 e. The highest BCUT2D eigenvalue weighted by Crippen LogP contribution is 2.33. The van der Waals surface area contributed by atoms with Gasteiger partial charge in [0.2, 0.25) is 0 Å². The molecule has 0 amide bonds. The lowest BCUT2D eigenvalue weighted by Gasteiger charge is -2.11. The summed E-state index contributed by atoms with van der Waals surface area (Å²) in [7, 11) is 0. The summed E-state index contributed by atoms with van der Waals surface area (Å²) in [6.07, 6.45) is -2.91. The molecule has 4 nitrogen and oxygen atoms in total. The van der Waals surface area contributed by atoms with E-state index in [1.54, 1.807) is 6.07 Å². The van der Waals surface area contributed by atoms with Crippen molar-refractivity contribution in [1.82, 2.24) is 20.3 Å². The fourth-order valence-corrected chi connectivity index (χ4v) is 1.90. The zero-order valence-corrected chi connectivity index (χ0v) is 11.9. The maximum atomic E-state index is 13.0. The zero-order chi connectivity index (χ0) is 15.5. The summed E-state index contributed by atoms with van der Waals surface area (Å²) >= 11 is 0. The summed E-state index contributed by atoms with van der Waals surface area (Å²) in [5.41, 5.74) is -0.142. The molecule has 0 saturated carbocycles. The van der Waals surface area contributed by atoms with E-state index in [-0.39, 0.29) is 5.69 Å². The molecule has 0 spiro atoms. The number of nitrogens with one attached hydrogen (secondary N) is 1. The summed E-state index contributed by atoms with van der Waals surface area (Å²) in [5.74, 6) is 0.492. The number of hydrogen-bond donors (Lipinski definition) is 1. The minimum absolute atomic E-state index is 0.0207. The minimum atomic E-state index is -4.42. The Morgan fingerprint density at radius 2 is 1.95 bits per heavy atom. The monoisotopic (exact) mass is 298 g/mol. The smallest absolute Gasteiger partial charge is 0.311 e. The second-order valence-corrected chi connectivity index (χ2v) is 5.19. The topological polar surface area (TPSA) is 42.7 Å². The molecule has 0 saturated heterocycles. The first-order chi connectivity index (χ1) is 9.88. The number of para-hydroxylation sites is 1. The van der Waals surface area contributed by atoms with Crippen LogP contribution < -0.4 is 5.32 Å². The maximum absolute atomic E-state index is 13.0. The van der Waals surface area contributed by atoms with Crippen molar-refractivity contribution >= 4 is 0 Å². The van der Waals surface area contributed by atoms with Crippen molar-refractivity contribution in [1.29, 1.82) is 0 Å². The molecule has 21 heavy (non-hydrogen) atoms. The van der Waals surface area contributed by atoms with Crippen LogP contribution in [0.1, 0.15) is 25.1 Å². The van der Waals surface area contributed by atoms with E-state index in [1.165, 1.54) is 18.3 Å². The first-order valence-corrected chi connectivity index (χ1v) is 6.66. The molecule has 0 unspecified atom stereocenters. The quantitative estimate of drug-likeness (QED) is 0.922. The van der Waals surface area contributed by atoms with Crippen molar-refractivity contribution < 1.29 is 13.2 Å². The Bertz CT molecular complexity index is 590. The van der Waals surface area contributed by atoms with Gasteiger partial charge in [0.1, 0.15) is 0 Å². The fourth-order valence-electron chi connectivity index (χ4n) is 1.90. The Morgan fingerprint density at radius 3 is 2.62 bits per heavy atom. The Kier molecular flexibility index (Phi) is 4.62. The summed E-state index contributed by atoms with van der Waals surface area (Å²) in [4.78, 5) is 0. The number of aromatic nitrogens is 3. The second-order valence-electron chi connectivity index (χ2n) is 5.19. The van der Waals surface area contributed by atoms with Crippen LogP contribution in [0, 0.1) is 5.92 Å². The standard InChI is InChI=1S/C14H17F3N4/c1-10(2)7-18-8-11-9-21(20-19-11)13-6-4-3-5-12(13)14(15,16)17/h3-6,9-10,18H,7-8H2,1-2H3. The molecular weight excluding hydrogens is 281 g/mol. The molecule has 114 valence electrons. The van der Waals surface area contributed by atoms with Crippen LogP contribution in [-0.2, 0) is 12.7 Å². The molecule has 0 fully saturated rings. The van der Waals surface area contributed by atoms with E-state index < -0.39 is 11.7 Å². The zero-order valence-electron chi connectivity index (χ0n) is 11.9. The summed E-state index contributed by atoms with van der Waals surface area (Å²) in [5, 5.41) is 10.9. The predicted molar refractivity (Wildman–Crippen MR) is 72.9 cm³/mol. The van der Waals surface area contributed by atoms with E-state index in [4.69, 9.17) is 0 Å². The normalized spacial score (nSPS) is 12.1. The highest BCUT2D eigenvalue weighted by molar-refractivity contribution is 5.42. The number of hydrogen-bond acceptors (Lipinski definition) is 3. The lowest BCUT2D eigenvalue weighted by molar-refractivity contribution is -0.137. The Morgan fingerprint density at radius 1 is 1.24 bits per heavy atom. The fraction of sp³-hybridized carbons (Fsp3) is 0.429. The van der Waals surface area contributed by atoms with Crippen molar-refractivity contribution in [2.75, 3.05) is 6.54 Å². The van der Waals surface area contributed by atoms with Crippen LogP contribution in [0.5, 0.6) is 0 Å². The molecular formula is C14H17F3N4. The molecule has 0 atom stereocenters. The molecule has 2 rings (SSSR count). The third-order valence-electron chi connectivity index (χ3n) is 2.86. The van der Waals surface area contributed by atoms with Gasteiger partial charge in [-0.15, -0.1) is 5.10 Å². The van der Waals surface area contributed by atoms with Gasteiger partial charge in [0.25, 0.3) is 0 Å². The van der Waals surface area contributed by atoms with Gasteiger partial charge in [0.15, 0.2) is 0 Å². The highest BCUT2D eigenvalue weighted by atomic mass is 19.4. The average Bonchev–Trinajstić information content (AvgIpc) is 2.86. The molecule has 1 heterocycles. The average molecular weight is 298 g/mol. The second kappa shape index (κ2) is 6.26. The number of rotatable bonds is 5. The van der Waals surface area contributed by atoms with Gasteiger partial charge in [-0.1, -0.05) is 31.2 Å². The third kappa shape index (κ3) is 4.04. The van der Waals surface area contributed by atoms with E-state index in [0.717, 1.165) is 17.3 Å². The van der Waals surface area contributed by atoms with Crippen LogP contribution in [0.15, 0.2) is 30.5 Å². The van der Waals surface area contributed by atoms with Gasteiger partial charge >= 0.3 is 6.18 Å². The van der Waals surface area contributed by atoms with Crippen LogP contribution >= 0.6 is 0 Å². The van der Waals surface area contributed by atoms with Crippen molar-refractivity contribution in [3.63, 3.8) is 0 Å². The van der Waals surface area contributed by atoms with Crippen LogP contribution in [0.4, 0.5) is 13.2 Å². The molecule has 0 aliphatic heterocycles. The van der Waals surface area contributed by atoms with Crippen LogP contribution in [-0.4, -0.2) is 21.5 Å². The summed E-state index contributed by atoms with van der Waals surface area (Å²) in [6, 6.07) is 5.31. The first kappa shape index (κ1) is 15.5. The molecule has 0 aliphatic rings. The van der Waals surface area contributed by atoms with Crippen molar-refractivity contribution in [2.24, 2.45) is 5.92 Å². The van der Waals surface area contributed by atoms with Crippen LogP contribution in [0.3, 0.4) is 0 Å². The summed E-state index contributed by atoms with van der Waals surface area (Å²) in [6.45, 7) is 5.44. The molecule has 1 N–H and O–H groups in total. The molecule has 0 bridgehead atoms. The molecule has 7 heteroatoms. The Hall–Kier alpha value is -1.89. The van der Waals surface area contributed by atoms with Gasteiger partial charge in [0.05, 0.1) is 23.1 Å². The summed E-state index contributed by atoms with van der Waals surface area (Å²) < 4.78 is 40.0. The first-order valence-electron chi connectivity index (χ1n) is 6.66.